The third-order valence-corrected chi connectivity index (χ3v) is 13.1. The zero-order chi connectivity index (χ0) is 56.6. The normalized spacial score (nSPS) is 12.5. The quantitative estimate of drug-likeness (QED) is 0.0189. The van der Waals surface area contributed by atoms with E-state index < -0.39 is 122 Å². The first-order valence-electron chi connectivity index (χ1n) is 28.7. The molecule has 438 valence electrons. The maximum absolute atomic E-state index is 13.3. The van der Waals surface area contributed by atoms with Gasteiger partial charge in [0.2, 0.25) is 23.6 Å². The predicted octanol–water partition coefficient (Wildman–Crippen LogP) is 8.61. The first-order valence-corrected chi connectivity index (χ1v) is 28.7. The molecule has 0 saturated heterocycles. The van der Waals surface area contributed by atoms with E-state index in [0.29, 0.717) is 12.8 Å². The van der Waals surface area contributed by atoms with Gasteiger partial charge in [-0.1, -0.05) is 181 Å². The minimum Gasteiger partial charge on any atom is -0.480 e. The van der Waals surface area contributed by atoms with Crippen LogP contribution in [-0.2, 0) is 66.9 Å². The molecule has 0 aromatic carbocycles. The molecular formula is C56H98N4O16. The Kier molecular flexibility index (Phi) is 44.7. The SMILES string of the molecule is CCCCCCCCCCCCCCCCOC(=O)CCC(NC(=O)CCC(=O)NC(CCC(=O)NC(CC(=O)OC)C(=O)O)C(=O)NC(CC(=O)OC)C(=O)O)C(=O)OCCCCCCCCCCCCCCCC. The number of carbonyl (C=O) groups is 10. The minimum atomic E-state index is -1.80. The third kappa shape index (κ3) is 40.9. The lowest BCUT2D eigenvalue weighted by atomic mass is 10.0. The first kappa shape index (κ1) is 70.7. The van der Waals surface area contributed by atoms with Crippen molar-refractivity contribution in [1.82, 2.24) is 21.3 Å². The number of carboxylic acids is 2. The summed E-state index contributed by atoms with van der Waals surface area (Å²) in [4.78, 5) is 126. The molecule has 20 heteroatoms. The number of hydrogen-bond donors (Lipinski definition) is 6. The molecule has 0 aliphatic rings. The van der Waals surface area contributed by atoms with Crippen molar-refractivity contribution in [1.29, 1.82) is 0 Å². The van der Waals surface area contributed by atoms with Gasteiger partial charge in [-0.3, -0.25) is 33.6 Å². The van der Waals surface area contributed by atoms with Gasteiger partial charge in [-0.05, 0) is 25.7 Å². The summed E-state index contributed by atoms with van der Waals surface area (Å²) in [7, 11) is 2.03. The fraction of sp³-hybridized carbons (Fsp3) is 0.821. The molecular weight excluding hydrogens is 985 g/mol. The number of rotatable bonds is 51. The van der Waals surface area contributed by atoms with Gasteiger partial charge in [0, 0.05) is 25.7 Å². The summed E-state index contributed by atoms with van der Waals surface area (Å²) in [6, 6.07) is -6.38. The van der Waals surface area contributed by atoms with Crippen LogP contribution in [0.15, 0.2) is 0 Å². The van der Waals surface area contributed by atoms with E-state index in [1.807, 2.05) is 0 Å². The Morgan fingerprint density at radius 3 is 1.05 bits per heavy atom. The summed E-state index contributed by atoms with van der Waals surface area (Å²) in [6.07, 6.45) is 28.9. The zero-order valence-corrected chi connectivity index (χ0v) is 46.8. The van der Waals surface area contributed by atoms with Crippen molar-refractivity contribution >= 4 is 59.4 Å². The highest BCUT2D eigenvalue weighted by Gasteiger charge is 2.31. The van der Waals surface area contributed by atoms with E-state index >= 15 is 0 Å². The van der Waals surface area contributed by atoms with Crippen LogP contribution in [0.4, 0.5) is 0 Å². The van der Waals surface area contributed by atoms with E-state index in [2.05, 4.69) is 44.6 Å². The molecule has 6 N–H and O–H groups in total. The Bertz CT molecular complexity index is 1660. The molecule has 0 radical (unpaired) electrons. The van der Waals surface area contributed by atoms with E-state index in [4.69, 9.17) is 9.47 Å². The number of esters is 4. The minimum absolute atomic E-state index is 0.112. The third-order valence-electron chi connectivity index (χ3n) is 13.1. The topological polar surface area (TPSA) is 296 Å². The van der Waals surface area contributed by atoms with Gasteiger partial charge >= 0.3 is 35.8 Å². The van der Waals surface area contributed by atoms with E-state index in [1.165, 1.54) is 122 Å². The number of hydrogen-bond acceptors (Lipinski definition) is 14. The highest BCUT2D eigenvalue weighted by Crippen LogP contribution is 2.16. The monoisotopic (exact) mass is 1080 g/mol. The predicted molar refractivity (Wildman–Crippen MR) is 287 cm³/mol. The molecule has 0 aliphatic carbocycles. The molecule has 4 amide bonds. The fourth-order valence-electron chi connectivity index (χ4n) is 8.38. The largest absolute Gasteiger partial charge is 0.480 e. The lowest BCUT2D eigenvalue weighted by molar-refractivity contribution is -0.149. The number of unbranched alkanes of at least 4 members (excludes halogenated alkanes) is 26. The van der Waals surface area contributed by atoms with E-state index in [-0.39, 0.29) is 26.1 Å². The summed E-state index contributed by atoms with van der Waals surface area (Å²) in [5.41, 5.74) is 0. The average molecular weight is 1080 g/mol. The highest BCUT2D eigenvalue weighted by molar-refractivity contribution is 5.94. The van der Waals surface area contributed by atoms with Gasteiger partial charge in [-0.15, -0.1) is 0 Å². The number of carbonyl (C=O) groups excluding carboxylic acids is 8. The van der Waals surface area contributed by atoms with Gasteiger partial charge in [-0.2, -0.15) is 0 Å². The van der Waals surface area contributed by atoms with Crippen molar-refractivity contribution in [2.24, 2.45) is 0 Å². The Balaban J connectivity index is 5.46. The lowest BCUT2D eigenvalue weighted by Crippen LogP contribution is -2.52. The molecule has 0 bridgehead atoms. The fourth-order valence-corrected chi connectivity index (χ4v) is 8.38. The van der Waals surface area contributed by atoms with Gasteiger partial charge in [-0.25, -0.2) is 14.4 Å². The Labute approximate surface area is 453 Å². The standard InChI is InChI=1S/C56H98N4O16/c1-5-7-9-11-13-15-17-19-21-23-25-27-29-31-39-75-50(64)38-34-44(56(72)76-40-32-30-28-26-24-22-20-18-16-14-12-10-8-6-2)58-49(63)37-36-48(62)57-43(53(67)60-46(55(70)71)42-52(66)74-4)33-35-47(61)59-45(54(68)69)41-51(65)73-3/h43-46H,5-42H2,1-4H3,(H,57,62)(H,58,63)(H,59,61)(H,60,67)(H,68,69)(H,70,71). The van der Waals surface area contributed by atoms with E-state index in [0.717, 1.165) is 59.2 Å². The Hall–Kier alpha value is -5.30. The van der Waals surface area contributed by atoms with Crippen molar-refractivity contribution in [2.75, 3.05) is 27.4 Å². The van der Waals surface area contributed by atoms with Crippen LogP contribution in [0.5, 0.6) is 0 Å². The summed E-state index contributed by atoms with van der Waals surface area (Å²) >= 11 is 0. The van der Waals surface area contributed by atoms with Crippen LogP contribution >= 0.6 is 0 Å². The summed E-state index contributed by atoms with van der Waals surface area (Å²) < 4.78 is 19.9. The molecule has 4 unspecified atom stereocenters. The second-order valence-corrected chi connectivity index (χ2v) is 19.8. The van der Waals surface area contributed by atoms with Crippen LogP contribution in [0.3, 0.4) is 0 Å². The van der Waals surface area contributed by atoms with Crippen LogP contribution in [0, 0.1) is 0 Å². The molecule has 0 aliphatic heterocycles. The maximum Gasteiger partial charge on any atom is 0.328 e. The molecule has 0 heterocycles. The molecule has 0 aromatic rings. The summed E-state index contributed by atoms with van der Waals surface area (Å²) in [6.45, 7) is 4.80. The van der Waals surface area contributed by atoms with Crippen molar-refractivity contribution in [3.63, 3.8) is 0 Å². The number of methoxy groups -OCH3 is 2. The van der Waals surface area contributed by atoms with Crippen molar-refractivity contribution in [3.8, 4) is 0 Å². The number of carboxylic acid groups (broad SMARTS) is 2. The molecule has 0 fully saturated rings. The van der Waals surface area contributed by atoms with Crippen molar-refractivity contribution in [2.45, 2.75) is 269 Å². The van der Waals surface area contributed by atoms with Crippen molar-refractivity contribution < 1.29 is 77.1 Å². The summed E-state index contributed by atoms with van der Waals surface area (Å²) in [5, 5.41) is 28.2. The number of ether oxygens (including phenoxy) is 4. The molecule has 20 nitrogen and oxygen atoms in total. The lowest BCUT2D eigenvalue weighted by Gasteiger charge is -2.22. The van der Waals surface area contributed by atoms with E-state index in [1.54, 1.807) is 0 Å². The van der Waals surface area contributed by atoms with Crippen LogP contribution in [0.25, 0.3) is 0 Å². The first-order chi connectivity index (χ1) is 36.6. The van der Waals surface area contributed by atoms with Crippen LogP contribution in [0.1, 0.15) is 245 Å². The second-order valence-electron chi connectivity index (χ2n) is 19.8. The Morgan fingerprint density at radius 2 is 0.671 bits per heavy atom. The van der Waals surface area contributed by atoms with Gasteiger partial charge in [0.25, 0.3) is 0 Å². The molecule has 0 aromatic heterocycles. The van der Waals surface area contributed by atoms with Crippen LogP contribution in [0.2, 0.25) is 0 Å². The van der Waals surface area contributed by atoms with Crippen molar-refractivity contribution in [3.05, 3.63) is 0 Å². The van der Waals surface area contributed by atoms with Crippen LogP contribution < -0.4 is 21.3 Å². The molecule has 0 rings (SSSR count). The molecule has 0 spiro atoms. The zero-order valence-electron chi connectivity index (χ0n) is 46.8. The Morgan fingerprint density at radius 1 is 0.355 bits per heavy atom. The molecule has 76 heavy (non-hydrogen) atoms. The maximum atomic E-state index is 13.3. The van der Waals surface area contributed by atoms with E-state index in [9.17, 15) is 58.2 Å². The second kappa shape index (κ2) is 48.1. The van der Waals surface area contributed by atoms with Gasteiger partial charge < -0.3 is 50.4 Å². The molecule has 4 atom stereocenters. The number of aliphatic carboxylic acids is 2. The smallest absolute Gasteiger partial charge is 0.328 e. The number of amides is 4. The van der Waals surface area contributed by atoms with Gasteiger partial charge in [0.15, 0.2) is 0 Å². The van der Waals surface area contributed by atoms with Gasteiger partial charge in [0.05, 0.1) is 40.3 Å². The van der Waals surface area contributed by atoms with Gasteiger partial charge in [0.1, 0.15) is 24.2 Å². The number of nitrogens with one attached hydrogen (secondary N) is 4. The van der Waals surface area contributed by atoms with Crippen LogP contribution in [-0.4, -0.2) is 121 Å². The highest BCUT2D eigenvalue weighted by atomic mass is 16.5. The summed E-state index contributed by atoms with van der Waals surface area (Å²) in [5.74, 6) is -10.1. The molecule has 0 saturated carbocycles. The average Bonchev–Trinajstić information content (AvgIpc) is 3.39.